The zero-order valence-corrected chi connectivity index (χ0v) is 22.0. The molecule has 1 aromatic heterocycles. The van der Waals surface area contributed by atoms with Gasteiger partial charge in [0, 0.05) is 10.4 Å². The molecule has 0 fully saturated rings. The first-order chi connectivity index (χ1) is 16.7. The Labute approximate surface area is 211 Å². The predicted molar refractivity (Wildman–Crippen MR) is 144 cm³/mol. The van der Waals surface area contributed by atoms with Gasteiger partial charge in [-0.3, -0.25) is 9.59 Å². The molecule has 1 aliphatic carbocycles. The fourth-order valence-corrected chi connectivity index (χ4v) is 6.01. The van der Waals surface area contributed by atoms with E-state index in [1.807, 2.05) is 62.4 Å². The lowest BCUT2D eigenvalue weighted by Gasteiger charge is -2.33. The fraction of sp³-hybridized carbons (Fsp3) is 0.379. The SMILES string of the molecule is CCOc1ccccc1NC(=O)c1c(NC(=O)c2ccccc2C)sc2c1CCC(C(C)(C)C)C2. The summed E-state index contributed by atoms with van der Waals surface area (Å²) in [5, 5.41) is 6.73. The van der Waals surface area contributed by atoms with Crippen molar-refractivity contribution >= 4 is 33.8 Å². The summed E-state index contributed by atoms with van der Waals surface area (Å²) >= 11 is 1.54. The van der Waals surface area contributed by atoms with E-state index in [9.17, 15) is 9.59 Å². The quantitative estimate of drug-likeness (QED) is 0.387. The Morgan fingerprint density at radius 1 is 1.03 bits per heavy atom. The summed E-state index contributed by atoms with van der Waals surface area (Å²) in [4.78, 5) is 28.1. The van der Waals surface area contributed by atoms with Gasteiger partial charge in [0.1, 0.15) is 10.8 Å². The highest BCUT2D eigenvalue weighted by molar-refractivity contribution is 7.17. The van der Waals surface area contributed by atoms with Crippen LogP contribution in [0.5, 0.6) is 5.75 Å². The van der Waals surface area contributed by atoms with Crippen molar-refractivity contribution in [2.45, 2.75) is 53.9 Å². The van der Waals surface area contributed by atoms with E-state index in [0.717, 1.165) is 30.4 Å². The van der Waals surface area contributed by atoms with Crippen LogP contribution in [0, 0.1) is 18.3 Å². The van der Waals surface area contributed by atoms with E-state index < -0.39 is 0 Å². The number of carbonyl (C=O) groups is 2. The normalized spacial score (nSPS) is 15.3. The average molecular weight is 491 g/mol. The van der Waals surface area contributed by atoms with Gasteiger partial charge in [-0.05, 0) is 73.8 Å². The number of aryl methyl sites for hydroxylation is 1. The molecule has 0 saturated heterocycles. The Balaban J connectivity index is 1.71. The molecule has 1 unspecified atom stereocenters. The van der Waals surface area contributed by atoms with Crippen molar-refractivity contribution in [1.29, 1.82) is 0 Å². The molecule has 1 aliphatic rings. The predicted octanol–water partition coefficient (Wildman–Crippen LogP) is 7.11. The maximum Gasteiger partial charge on any atom is 0.259 e. The number of amides is 2. The van der Waals surface area contributed by atoms with Crippen LogP contribution in [0.25, 0.3) is 0 Å². The third kappa shape index (κ3) is 5.43. The standard InChI is InChI=1S/C29H34N2O3S/c1-6-34-23-14-10-9-13-22(23)30-27(33)25-21-16-15-19(29(3,4)5)17-24(21)35-28(25)31-26(32)20-12-8-7-11-18(20)2/h7-14,19H,6,15-17H2,1-5H3,(H,30,33)(H,31,32). The highest BCUT2D eigenvalue weighted by atomic mass is 32.1. The molecule has 184 valence electrons. The minimum Gasteiger partial charge on any atom is -0.492 e. The summed E-state index contributed by atoms with van der Waals surface area (Å²) in [7, 11) is 0. The molecule has 0 bridgehead atoms. The first-order valence-electron chi connectivity index (χ1n) is 12.2. The lowest BCUT2D eigenvalue weighted by molar-refractivity contribution is 0.102. The van der Waals surface area contributed by atoms with Crippen molar-refractivity contribution < 1.29 is 14.3 Å². The molecule has 0 saturated carbocycles. The molecule has 5 nitrogen and oxygen atoms in total. The number of hydrogen-bond donors (Lipinski definition) is 2. The number of para-hydroxylation sites is 2. The van der Waals surface area contributed by atoms with E-state index in [0.29, 0.717) is 40.1 Å². The maximum absolute atomic E-state index is 13.7. The summed E-state index contributed by atoms with van der Waals surface area (Å²) in [6.07, 6.45) is 2.76. The second-order valence-corrected chi connectivity index (χ2v) is 11.3. The van der Waals surface area contributed by atoms with Crippen molar-refractivity contribution in [1.82, 2.24) is 0 Å². The largest absolute Gasteiger partial charge is 0.492 e. The molecule has 0 aliphatic heterocycles. The molecule has 1 atom stereocenters. The summed E-state index contributed by atoms with van der Waals surface area (Å²) in [6.45, 7) is 11.2. The van der Waals surface area contributed by atoms with Crippen molar-refractivity contribution in [2.75, 3.05) is 17.2 Å². The number of fused-ring (bicyclic) bond motifs is 1. The molecular weight excluding hydrogens is 456 g/mol. The lowest BCUT2D eigenvalue weighted by Crippen LogP contribution is -2.27. The zero-order chi connectivity index (χ0) is 25.2. The monoisotopic (exact) mass is 490 g/mol. The van der Waals surface area contributed by atoms with E-state index >= 15 is 0 Å². The van der Waals surface area contributed by atoms with Crippen LogP contribution in [0.4, 0.5) is 10.7 Å². The van der Waals surface area contributed by atoms with Gasteiger partial charge in [0.25, 0.3) is 11.8 Å². The summed E-state index contributed by atoms with van der Waals surface area (Å²) in [5.41, 5.74) is 3.95. The molecule has 0 spiro atoms. The third-order valence-corrected chi connectivity index (χ3v) is 7.94. The van der Waals surface area contributed by atoms with Crippen molar-refractivity contribution in [2.24, 2.45) is 11.3 Å². The van der Waals surface area contributed by atoms with Gasteiger partial charge in [-0.1, -0.05) is 51.1 Å². The topological polar surface area (TPSA) is 67.4 Å². The fourth-order valence-electron chi connectivity index (χ4n) is 4.69. The first kappa shape index (κ1) is 25.0. The number of rotatable bonds is 6. The third-order valence-electron chi connectivity index (χ3n) is 6.77. The number of ether oxygens (including phenoxy) is 1. The summed E-state index contributed by atoms with van der Waals surface area (Å²) in [5.74, 6) is 0.746. The van der Waals surface area contributed by atoms with Gasteiger partial charge in [0.2, 0.25) is 0 Å². The average Bonchev–Trinajstić information content (AvgIpc) is 3.17. The highest BCUT2D eigenvalue weighted by Gasteiger charge is 2.34. The number of benzene rings is 2. The van der Waals surface area contributed by atoms with Crippen LogP contribution in [0.15, 0.2) is 48.5 Å². The van der Waals surface area contributed by atoms with Crippen LogP contribution in [-0.2, 0) is 12.8 Å². The number of anilines is 2. The van der Waals surface area contributed by atoms with Gasteiger partial charge < -0.3 is 15.4 Å². The van der Waals surface area contributed by atoms with Gasteiger partial charge in [0.15, 0.2) is 0 Å². The highest BCUT2D eigenvalue weighted by Crippen LogP contribution is 2.44. The Morgan fingerprint density at radius 2 is 1.74 bits per heavy atom. The second kappa shape index (κ2) is 10.2. The smallest absolute Gasteiger partial charge is 0.259 e. The van der Waals surface area contributed by atoms with E-state index in [4.69, 9.17) is 4.74 Å². The van der Waals surface area contributed by atoms with Crippen LogP contribution in [0.3, 0.4) is 0 Å². The van der Waals surface area contributed by atoms with Crippen molar-refractivity contribution in [3.8, 4) is 5.75 Å². The molecule has 1 heterocycles. The van der Waals surface area contributed by atoms with E-state index in [1.165, 1.54) is 16.2 Å². The van der Waals surface area contributed by atoms with Gasteiger partial charge in [0.05, 0.1) is 17.9 Å². The van der Waals surface area contributed by atoms with Crippen LogP contribution in [0.2, 0.25) is 0 Å². The van der Waals surface area contributed by atoms with Gasteiger partial charge in [-0.2, -0.15) is 0 Å². The number of thiophene rings is 1. The molecular formula is C29H34N2O3S. The van der Waals surface area contributed by atoms with Gasteiger partial charge in [-0.25, -0.2) is 0 Å². The Morgan fingerprint density at radius 3 is 2.46 bits per heavy atom. The number of nitrogens with one attached hydrogen (secondary N) is 2. The molecule has 2 N–H and O–H groups in total. The zero-order valence-electron chi connectivity index (χ0n) is 21.2. The van der Waals surface area contributed by atoms with Gasteiger partial charge in [-0.15, -0.1) is 11.3 Å². The van der Waals surface area contributed by atoms with Crippen molar-refractivity contribution in [3.05, 3.63) is 75.7 Å². The lowest BCUT2D eigenvalue weighted by atomic mass is 9.72. The molecule has 2 amide bonds. The van der Waals surface area contributed by atoms with E-state index in [-0.39, 0.29) is 17.2 Å². The molecule has 35 heavy (non-hydrogen) atoms. The van der Waals surface area contributed by atoms with Crippen LogP contribution in [0.1, 0.15) is 70.8 Å². The Kier molecular flexibility index (Phi) is 7.31. The summed E-state index contributed by atoms with van der Waals surface area (Å²) < 4.78 is 5.70. The van der Waals surface area contributed by atoms with Crippen LogP contribution in [-0.4, -0.2) is 18.4 Å². The number of carbonyl (C=O) groups excluding carboxylic acids is 2. The minimum atomic E-state index is -0.219. The first-order valence-corrected chi connectivity index (χ1v) is 13.0. The Hall–Kier alpha value is -3.12. The van der Waals surface area contributed by atoms with Crippen LogP contribution >= 0.6 is 11.3 Å². The molecule has 0 radical (unpaired) electrons. The maximum atomic E-state index is 13.7. The molecule has 6 heteroatoms. The van der Waals surface area contributed by atoms with Crippen molar-refractivity contribution in [3.63, 3.8) is 0 Å². The Bertz CT molecular complexity index is 1240. The second-order valence-electron chi connectivity index (χ2n) is 10.2. The minimum absolute atomic E-state index is 0.186. The van der Waals surface area contributed by atoms with Crippen LogP contribution < -0.4 is 15.4 Å². The van der Waals surface area contributed by atoms with E-state index in [1.54, 1.807) is 0 Å². The molecule has 3 aromatic rings. The van der Waals surface area contributed by atoms with Gasteiger partial charge >= 0.3 is 0 Å². The summed E-state index contributed by atoms with van der Waals surface area (Å²) in [6, 6.07) is 14.9. The molecule has 2 aromatic carbocycles. The van der Waals surface area contributed by atoms with E-state index in [2.05, 4.69) is 31.4 Å². The number of hydrogen-bond acceptors (Lipinski definition) is 4. The molecule has 4 rings (SSSR count).